The summed E-state index contributed by atoms with van der Waals surface area (Å²) in [5.41, 5.74) is 0.530. The molecule has 2 aliphatic rings. The van der Waals surface area contributed by atoms with Gasteiger partial charge in [0.05, 0.1) is 12.2 Å². The maximum atomic E-state index is 12.3. The first kappa shape index (κ1) is 16.4. The van der Waals surface area contributed by atoms with Crippen molar-refractivity contribution in [3.05, 3.63) is 35.9 Å². The second-order valence-electron chi connectivity index (χ2n) is 6.73. The van der Waals surface area contributed by atoms with E-state index in [4.69, 9.17) is 4.74 Å². The first-order valence-electron chi connectivity index (χ1n) is 8.53. The van der Waals surface area contributed by atoms with Crippen molar-refractivity contribution in [2.24, 2.45) is 0 Å². The summed E-state index contributed by atoms with van der Waals surface area (Å²) < 4.78 is 5.62. The van der Waals surface area contributed by atoms with Gasteiger partial charge in [-0.05, 0) is 18.4 Å². The van der Waals surface area contributed by atoms with E-state index in [0.29, 0.717) is 19.7 Å². The van der Waals surface area contributed by atoms with Crippen LogP contribution in [-0.2, 0) is 16.1 Å². The minimum absolute atomic E-state index is 0.108. The molecule has 2 fully saturated rings. The lowest BCUT2D eigenvalue weighted by Crippen LogP contribution is -2.52. The number of benzene rings is 1. The van der Waals surface area contributed by atoms with Crippen molar-refractivity contribution in [1.29, 1.82) is 0 Å². The fourth-order valence-corrected chi connectivity index (χ4v) is 3.42. The van der Waals surface area contributed by atoms with Gasteiger partial charge in [0.15, 0.2) is 0 Å². The fraction of sp³-hybridized carbons (Fsp3) is 0.611. The van der Waals surface area contributed by atoms with Crippen LogP contribution in [0.3, 0.4) is 0 Å². The Balaban J connectivity index is 1.48. The molecule has 1 saturated carbocycles. The average Bonchev–Trinajstić information content (AvgIpc) is 3.01. The van der Waals surface area contributed by atoms with Crippen LogP contribution in [-0.4, -0.2) is 53.9 Å². The second-order valence-corrected chi connectivity index (χ2v) is 6.73. The van der Waals surface area contributed by atoms with Crippen LogP contribution in [0.25, 0.3) is 0 Å². The summed E-state index contributed by atoms with van der Waals surface area (Å²) in [6.45, 7) is 3.17. The second kappa shape index (κ2) is 7.43. The Hall–Kier alpha value is -1.43. The van der Waals surface area contributed by atoms with E-state index in [0.717, 1.165) is 38.8 Å². The summed E-state index contributed by atoms with van der Waals surface area (Å²) in [6.07, 6.45) is 3.18. The van der Waals surface area contributed by atoms with Crippen molar-refractivity contribution in [3.63, 3.8) is 0 Å². The fourth-order valence-electron chi connectivity index (χ4n) is 3.42. The molecule has 5 nitrogen and oxygen atoms in total. The molecular weight excluding hydrogens is 292 g/mol. The Kier molecular flexibility index (Phi) is 5.30. The molecule has 1 aromatic rings. The summed E-state index contributed by atoms with van der Waals surface area (Å²) >= 11 is 0. The van der Waals surface area contributed by atoms with Gasteiger partial charge in [-0.1, -0.05) is 43.2 Å². The van der Waals surface area contributed by atoms with Crippen molar-refractivity contribution < 1.29 is 14.6 Å². The van der Waals surface area contributed by atoms with E-state index in [1.165, 1.54) is 5.56 Å². The number of morpholine rings is 1. The molecule has 1 aliphatic heterocycles. The lowest BCUT2D eigenvalue weighted by atomic mass is 10.0. The van der Waals surface area contributed by atoms with Crippen molar-refractivity contribution in [2.45, 2.75) is 43.9 Å². The molecule has 1 amide bonds. The lowest BCUT2D eigenvalue weighted by Gasteiger charge is -2.33. The molecule has 1 heterocycles. The molecule has 1 aromatic carbocycles. The van der Waals surface area contributed by atoms with Crippen LogP contribution in [0.2, 0.25) is 0 Å². The minimum atomic E-state index is -0.714. The molecule has 23 heavy (non-hydrogen) atoms. The Morgan fingerprint density at radius 2 is 2.04 bits per heavy atom. The summed E-state index contributed by atoms with van der Waals surface area (Å²) in [4.78, 5) is 14.6. The molecular formula is C18H26N2O3. The van der Waals surface area contributed by atoms with E-state index < -0.39 is 11.7 Å². The lowest BCUT2D eigenvalue weighted by molar-refractivity contribution is -0.140. The largest absolute Gasteiger partial charge is 0.388 e. The molecule has 1 saturated heterocycles. The van der Waals surface area contributed by atoms with Gasteiger partial charge in [-0.3, -0.25) is 9.69 Å². The van der Waals surface area contributed by atoms with Crippen LogP contribution in [0.1, 0.15) is 31.2 Å². The number of amides is 1. The van der Waals surface area contributed by atoms with Gasteiger partial charge in [-0.25, -0.2) is 0 Å². The zero-order valence-corrected chi connectivity index (χ0v) is 13.5. The maximum absolute atomic E-state index is 12.3. The number of ether oxygens (including phenoxy) is 1. The standard InChI is InChI=1S/C18H26N2O3/c21-17(19-14-18(22)8-4-5-9-18)16-13-20(10-11-23-16)12-15-6-2-1-3-7-15/h1-3,6-7,16,22H,4-5,8-14H2,(H,19,21). The molecule has 1 atom stereocenters. The van der Waals surface area contributed by atoms with Gasteiger partial charge >= 0.3 is 0 Å². The number of rotatable bonds is 5. The zero-order valence-electron chi connectivity index (χ0n) is 13.5. The van der Waals surface area contributed by atoms with Crippen molar-refractivity contribution in [2.75, 3.05) is 26.2 Å². The smallest absolute Gasteiger partial charge is 0.250 e. The van der Waals surface area contributed by atoms with Gasteiger partial charge in [-0.2, -0.15) is 0 Å². The summed E-state index contributed by atoms with van der Waals surface area (Å²) in [5, 5.41) is 13.2. The molecule has 1 unspecified atom stereocenters. The predicted molar refractivity (Wildman–Crippen MR) is 87.9 cm³/mol. The number of nitrogens with one attached hydrogen (secondary N) is 1. The van der Waals surface area contributed by atoms with E-state index in [-0.39, 0.29) is 5.91 Å². The highest BCUT2D eigenvalue weighted by molar-refractivity contribution is 5.81. The van der Waals surface area contributed by atoms with Crippen molar-refractivity contribution >= 4 is 5.91 Å². The number of hydrogen-bond donors (Lipinski definition) is 2. The van der Waals surface area contributed by atoms with Gasteiger partial charge in [0.1, 0.15) is 6.10 Å². The van der Waals surface area contributed by atoms with E-state index in [9.17, 15) is 9.90 Å². The number of hydrogen-bond acceptors (Lipinski definition) is 4. The molecule has 126 valence electrons. The quantitative estimate of drug-likeness (QED) is 0.859. The molecule has 0 spiro atoms. The molecule has 0 aromatic heterocycles. The molecule has 1 aliphatic carbocycles. The minimum Gasteiger partial charge on any atom is -0.388 e. The number of carbonyl (C=O) groups is 1. The molecule has 3 rings (SSSR count). The normalized spacial score (nSPS) is 24.5. The zero-order chi connectivity index (χ0) is 16.1. The molecule has 2 N–H and O–H groups in total. The third-order valence-corrected chi connectivity index (χ3v) is 4.82. The topological polar surface area (TPSA) is 61.8 Å². The highest BCUT2D eigenvalue weighted by atomic mass is 16.5. The Labute approximate surface area is 137 Å². The van der Waals surface area contributed by atoms with Crippen LogP contribution < -0.4 is 5.32 Å². The van der Waals surface area contributed by atoms with Gasteiger partial charge in [0.2, 0.25) is 0 Å². The van der Waals surface area contributed by atoms with Crippen LogP contribution in [0.15, 0.2) is 30.3 Å². The van der Waals surface area contributed by atoms with Crippen molar-refractivity contribution in [3.8, 4) is 0 Å². The Morgan fingerprint density at radius 1 is 1.30 bits per heavy atom. The summed E-state index contributed by atoms with van der Waals surface area (Å²) in [7, 11) is 0. The predicted octanol–water partition coefficient (Wildman–Crippen LogP) is 1.31. The van der Waals surface area contributed by atoms with Gasteiger partial charge < -0.3 is 15.2 Å². The number of nitrogens with zero attached hydrogens (tertiary/aromatic N) is 1. The highest BCUT2D eigenvalue weighted by Crippen LogP contribution is 2.28. The number of aliphatic hydroxyl groups is 1. The SMILES string of the molecule is O=C(NCC1(O)CCCC1)C1CN(Cc2ccccc2)CCO1. The van der Waals surface area contributed by atoms with Crippen LogP contribution in [0, 0.1) is 0 Å². The Morgan fingerprint density at radius 3 is 2.78 bits per heavy atom. The molecule has 0 radical (unpaired) electrons. The van der Waals surface area contributed by atoms with Gasteiger partial charge in [-0.15, -0.1) is 0 Å². The summed E-state index contributed by atoms with van der Waals surface area (Å²) in [6, 6.07) is 10.3. The van der Waals surface area contributed by atoms with E-state index in [1.54, 1.807) is 0 Å². The first-order valence-corrected chi connectivity index (χ1v) is 8.53. The van der Waals surface area contributed by atoms with Crippen LogP contribution in [0.4, 0.5) is 0 Å². The number of carbonyl (C=O) groups excluding carboxylic acids is 1. The molecule has 5 heteroatoms. The van der Waals surface area contributed by atoms with E-state index in [2.05, 4.69) is 22.3 Å². The third-order valence-electron chi connectivity index (χ3n) is 4.82. The summed E-state index contributed by atoms with van der Waals surface area (Å²) in [5.74, 6) is -0.108. The maximum Gasteiger partial charge on any atom is 0.250 e. The van der Waals surface area contributed by atoms with Crippen LogP contribution in [0.5, 0.6) is 0 Å². The Bertz CT molecular complexity index is 514. The van der Waals surface area contributed by atoms with E-state index >= 15 is 0 Å². The monoisotopic (exact) mass is 318 g/mol. The first-order chi connectivity index (χ1) is 11.1. The van der Waals surface area contributed by atoms with E-state index in [1.807, 2.05) is 18.2 Å². The van der Waals surface area contributed by atoms with Gasteiger partial charge in [0, 0.05) is 26.2 Å². The van der Waals surface area contributed by atoms with Crippen LogP contribution >= 0.6 is 0 Å². The average molecular weight is 318 g/mol. The van der Waals surface area contributed by atoms with Crippen molar-refractivity contribution in [1.82, 2.24) is 10.2 Å². The highest BCUT2D eigenvalue weighted by Gasteiger charge is 2.33. The molecule has 0 bridgehead atoms. The third kappa shape index (κ3) is 4.53. The van der Waals surface area contributed by atoms with Gasteiger partial charge in [0.25, 0.3) is 5.91 Å².